The molecule has 0 aliphatic carbocycles. The molecule has 1 aliphatic rings. The highest BCUT2D eigenvalue weighted by Gasteiger charge is 2.39. The van der Waals surface area contributed by atoms with Gasteiger partial charge in [-0.15, -0.1) is 13.2 Å². The van der Waals surface area contributed by atoms with Crippen LogP contribution in [0.4, 0.5) is 18.9 Å². The number of ether oxygens (including phenoxy) is 1. The Morgan fingerprint density at radius 2 is 1.65 bits per heavy atom. The molecule has 8 heteroatoms. The van der Waals surface area contributed by atoms with Gasteiger partial charge in [-0.1, -0.05) is 47.5 Å². The lowest BCUT2D eigenvalue weighted by Crippen LogP contribution is -2.31. The smallest absolute Gasteiger partial charge is 0.406 e. The summed E-state index contributed by atoms with van der Waals surface area (Å²) in [6.45, 7) is 1.86. The number of carbonyl (C=O) groups excluding carboxylic acids is 2. The van der Waals surface area contributed by atoms with Crippen LogP contribution in [0.25, 0.3) is 5.57 Å². The zero-order valence-electron chi connectivity index (χ0n) is 13.3. The van der Waals surface area contributed by atoms with E-state index >= 15 is 0 Å². The average Bonchev–Trinajstić information content (AvgIpc) is 2.77. The van der Waals surface area contributed by atoms with Crippen LogP contribution >= 0.6 is 11.6 Å². The molecule has 0 saturated carbocycles. The predicted molar refractivity (Wildman–Crippen MR) is 89.6 cm³/mol. The molecule has 0 N–H and O–H groups in total. The van der Waals surface area contributed by atoms with Gasteiger partial charge in [0.15, 0.2) is 0 Å². The number of alkyl halides is 3. The molecule has 2 aromatic rings. The van der Waals surface area contributed by atoms with Gasteiger partial charge < -0.3 is 4.74 Å². The van der Waals surface area contributed by atoms with Crippen LogP contribution in [0.5, 0.6) is 5.75 Å². The lowest BCUT2D eigenvalue weighted by Gasteiger charge is -2.16. The summed E-state index contributed by atoms with van der Waals surface area (Å²) >= 11 is 6.05. The summed E-state index contributed by atoms with van der Waals surface area (Å²) in [4.78, 5) is 25.8. The molecule has 0 atom stereocenters. The van der Waals surface area contributed by atoms with E-state index in [1.165, 1.54) is 12.1 Å². The average molecular weight is 382 g/mol. The number of nitrogens with zero attached hydrogens (tertiary/aromatic N) is 1. The molecule has 0 radical (unpaired) electrons. The molecule has 0 aromatic heterocycles. The van der Waals surface area contributed by atoms with E-state index in [0.717, 1.165) is 22.6 Å². The summed E-state index contributed by atoms with van der Waals surface area (Å²) in [6.07, 6.45) is -4.89. The van der Waals surface area contributed by atoms with Crippen molar-refractivity contribution in [3.8, 4) is 5.75 Å². The Bertz CT molecular complexity index is 920. The van der Waals surface area contributed by atoms with E-state index in [1.54, 1.807) is 24.3 Å². The molecule has 0 spiro atoms. The monoisotopic (exact) mass is 381 g/mol. The molecule has 0 unspecified atom stereocenters. The fourth-order valence-electron chi connectivity index (χ4n) is 2.53. The second kappa shape index (κ2) is 6.49. The number of carbonyl (C=O) groups is 2. The molecule has 0 bridgehead atoms. The van der Waals surface area contributed by atoms with Gasteiger partial charge >= 0.3 is 6.36 Å². The van der Waals surface area contributed by atoms with Crippen LogP contribution in [0, 0.1) is 6.92 Å². The van der Waals surface area contributed by atoms with Gasteiger partial charge in [-0.05, 0) is 24.6 Å². The quantitative estimate of drug-likeness (QED) is 0.739. The molecular formula is C18H11ClF3NO3. The van der Waals surface area contributed by atoms with E-state index in [1.807, 2.05) is 6.92 Å². The van der Waals surface area contributed by atoms with Crippen molar-refractivity contribution in [3.05, 3.63) is 64.7 Å². The van der Waals surface area contributed by atoms with Gasteiger partial charge in [0.2, 0.25) is 0 Å². The Balaban J connectivity index is 1.96. The van der Waals surface area contributed by atoms with Gasteiger partial charge in [-0.2, -0.15) is 0 Å². The molecule has 4 nitrogen and oxygen atoms in total. The summed E-state index contributed by atoms with van der Waals surface area (Å²) in [5.41, 5.74) is 1.33. The fraction of sp³-hybridized carbons (Fsp3) is 0.111. The third-order valence-electron chi connectivity index (χ3n) is 3.68. The van der Waals surface area contributed by atoms with Crippen LogP contribution in [0.1, 0.15) is 11.1 Å². The van der Waals surface area contributed by atoms with Crippen molar-refractivity contribution in [3.63, 3.8) is 0 Å². The van der Waals surface area contributed by atoms with E-state index in [0.29, 0.717) is 5.56 Å². The SMILES string of the molecule is Cc1ccc(C2=C(Cl)C(=O)N(c3cccc(OC(F)(F)F)c3)C2=O)cc1. The van der Waals surface area contributed by atoms with Gasteiger partial charge in [0.05, 0.1) is 11.3 Å². The lowest BCUT2D eigenvalue weighted by atomic mass is 10.0. The van der Waals surface area contributed by atoms with Crippen molar-refractivity contribution in [2.24, 2.45) is 0 Å². The van der Waals surface area contributed by atoms with Crippen LogP contribution in [0.2, 0.25) is 0 Å². The van der Waals surface area contributed by atoms with Crippen molar-refractivity contribution < 1.29 is 27.5 Å². The van der Waals surface area contributed by atoms with Crippen molar-refractivity contribution in [1.82, 2.24) is 0 Å². The molecule has 1 heterocycles. The number of rotatable bonds is 3. The molecule has 1 aliphatic heterocycles. The highest BCUT2D eigenvalue weighted by atomic mass is 35.5. The number of aryl methyl sites for hydroxylation is 1. The van der Waals surface area contributed by atoms with Crippen LogP contribution in [-0.2, 0) is 9.59 Å². The molecule has 2 aromatic carbocycles. The highest BCUT2D eigenvalue weighted by molar-refractivity contribution is 6.60. The molecular weight excluding hydrogens is 371 g/mol. The first-order valence-corrected chi connectivity index (χ1v) is 7.76. The Hall–Kier alpha value is -2.80. The predicted octanol–water partition coefficient (Wildman–Crippen LogP) is 4.42. The Kier molecular flexibility index (Phi) is 4.50. The van der Waals surface area contributed by atoms with Crippen LogP contribution in [-0.4, -0.2) is 18.2 Å². The summed E-state index contributed by atoms with van der Waals surface area (Å²) in [5, 5.41) is -0.291. The minimum absolute atomic E-state index is 0.00110. The Morgan fingerprint density at radius 3 is 2.27 bits per heavy atom. The van der Waals surface area contributed by atoms with Gasteiger partial charge in [-0.3, -0.25) is 9.59 Å². The summed E-state index contributed by atoms with van der Waals surface area (Å²) in [7, 11) is 0. The van der Waals surface area contributed by atoms with Crippen molar-refractivity contribution in [1.29, 1.82) is 0 Å². The maximum atomic E-state index is 12.7. The first kappa shape index (κ1) is 18.0. The number of halogens is 4. The molecule has 134 valence electrons. The first-order chi connectivity index (χ1) is 12.2. The van der Waals surface area contributed by atoms with E-state index in [4.69, 9.17) is 11.6 Å². The van der Waals surface area contributed by atoms with Crippen LogP contribution < -0.4 is 9.64 Å². The fourth-order valence-corrected chi connectivity index (χ4v) is 2.80. The van der Waals surface area contributed by atoms with Crippen molar-refractivity contribution in [2.75, 3.05) is 4.90 Å². The standard InChI is InChI=1S/C18H11ClF3NO3/c1-10-5-7-11(8-6-10)14-15(19)17(25)23(16(14)24)12-3-2-4-13(9-12)26-18(20,21)22/h2-9H,1H3. The van der Waals surface area contributed by atoms with Gasteiger partial charge in [-0.25, -0.2) is 4.90 Å². The zero-order chi connectivity index (χ0) is 19.1. The topological polar surface area (TPSA) is 46.6 Å². The Morgan fingerprint density at radius 1 is 1.00 bits per heavy atom. The maximum absolute atomic E-state index is 12.7. The maximum Gasteiger partial charge on any atom is 0.573 e. The molecule has 3 rings (SSSR count). The summed E-state index contributed by atoms with van der Waals surface area (Å²) in [5.74, 6) is -2.07. The van der Waals surface area contributed by atoms with Gasteiger partial charge in [0.25, 0.3) is 11.8 Å². The van der Waals surface area contributed by atoms with Crippen molar-refractivity contribution in [2.45, 2.75) is 13.3 Å². The van der Waals surface area contributed by atoms with Crippen molar-refractivity contribution >= 4 is 34.7 Å². The second-order valence-corrected chi connectivity index (χ2v) is 5.92. The third-order valence-corrected chi connectivity index (χ3v) is 4.03. The molecule has 0 saturated heterocycles. The Labute approximate surface area is 151 Å². The lowest BCUT2D eigenvalue weighted by molar-refractivity contribution is -0.274. The summed E-state index contributed by atoms with van der Waals surface area (Å²) in [6, 6.07) is 11.4. The molecule has 2 amide bonds. The van der Waals surface area contributed by atoms with Crippen LogP contribution in [0.15, 0.2) is 53.6 Å². The minimum atomic E-state index is -4.89. The number of hydrogen-bond acceptors (Lipinski definition) is 3. The number of hydrogen-bond donors (Lipinski definition) is 0. The largest absolute Gasteiger partial charge is 0.573 e. The summed E-state index contributed by atoms with van der Waals surface area (Å²) < 4.78 is 41.0. The number of imide groups is 1. The third kappa shape index (κ3) is 3.43. The normalized spacial score (nSPS) is 15.0. The molecule has 0 fully saturated rings. The number of amides is 2. The second-order valence-electron chi connectivity index (χ2n) is 5.55. The van der Waals surface area contributed by atoms with E-state index in [2.05, 4.69) is 4.74 Å². The molecule has 26 heavy (non-hydrogen) atoms. The van der Waals surface area contributed by atoms with Gasteiger partial charge in [0.1, 0.15) is 10.8 Å². The number of anilines is 1. The van der Waals surface area contributed by atoms with Crippen LogP contribution in [0.3, 0.4) is 0 Å². The van der Waals surface area contributed by atoms with E-state index < -0.39 is 23.9 Å². The number of benzene rings is 2. The first-order valence-electron chi connectivity index (χ1n) is 7.39. The minimum Gasteiger partial charge on any atom is -0.406 e. The van der Waals surface area contributed by atoms with Gasteiger partial charge in [0, 0.05) is 6.07 Å². The van der Waals surface area contributed by atoms with E-state index in [9.17, 15) is 22.8 Å². The zero-order valence-corrected chi connectivity index (χ0v) is 14.1. The van der Waals surface area contributed by atoms with E-state index in [-0.39, 0.29) is 16.3 Å². The highest BCUT2D eigenvalue weighted by Crippen LogP contribution is 2.36.